The maximum atomic E-state index is 11.5. The van der Waals surface area contributed by atoms with Crippen molar-refractivity contribution >= 4 is 28.3 Å². The zero-order valence-electron chi connectivity index (χ0n) is 7.41. The summed E-state index contributed by atoms with van der Waals surface area (Å²) in [6.07, 6.45) is 4.08. The number of nitrogens with zero attached hydrogens (tertiary/aromatic N) is 4. The van der Waals surface area contributed by atoms with Crippen molar-refractivity contribution in [2.75, 3.05) is 11.1 Å². The SMILES string of the molecule is Nc1cnc(C(=O)Nc2cnns2)cn1. The van der Waals surface area contributed by atoms with Crippen LogP contribution in [-0.4, -0.2) is 25.5 Å². The van der Waals surface area contributed by atoms with Crippen LogP contribution in [0.5, 0.6) is 0 Å². The Morgan fingerprint density at radius 1 is 1.33 bits per heavy atom. The molecule has 3 N–H and O–H groups in total. The van der Waals surface area contributed by atoms with Crippen LogP contribution in [0.25, 0.3) is 0 Å². The first kappa shape index (κ1) is 9.46. The van der Waals surface area contributed by atoms with Crippen molar-refractivity contribution in [1.29, 1.82) is 0 Å². The van der Waals surface area contributed by atoms with Crippen molar-refractivity contribution in [3.05, 3.63) is 24.3 Å². The molecule has 0 fully saturated rings. The van der Waals surface area contributed by atoms with E-state index >= 15 is 0 Å². The largest absolute Gasteiger partial charge is 0.382 e. The lowest BCUT2D eigenvalue weighted by atomic mass is 10.4. The number of carbonyl (C=O) groups excluding carboxylic acids is 1. The Kier molecular flexibility index (Phi) is 2.50. The van der Waals surface area contributed by atoms with Crippen LogP contribution < -0.4 is 11.1 Å². The minimum Gasteiger partial charge on any atom is -0.382 e. The van der Waals surface area contributed by atoms with Crippen LogP contribution in [0.15, 0.2) is 18.6 Å². The summed E-state index contributed by atoms with van der Waals surface area (Å²) in [5.74, 6) is -0.0976. The van der Waals surface area contributed by atoms with Gasteiger partial charge >= 0.3 is 0 Å². The molecule has 7 nitrogen and oxygen atoms in total. The van der Waals surface area contributed by atoms with Crippen LogP contribution in [0, 0.1) is 0 Å². The second-order valence-electron chi connectivity index (χ2n) is 2.56. The molecule has 2 aromatic rings. The molecule has 2 aromatic heterocycles. The lowest BCUT2D eigenvalue weighted by Crippen LogP contribution is -2.13. The van der Waals surface area contributed by atoms with Crippen LogP contribution >= 0.6 is 11.5 Å². The second-order valence-corrected chi connectivity index (χ2v) is 3.35. The van der Waals surface area contributed by atoms with Gasteiger partial charge in [0.1, 0.15) is 16.5 Å². The Morgan fingerprint density at radius 2 is 2.20 bits per heavy atom. The van der Waals surface area contributed by atoms with E-state index in [1.165, 1.54) is 18.6 Å². The van der Waals surface area contributed by atoms with Gasteiger partial charge in [-0.15, -0.1) is 5.10 Å². The van der Waals surface area contributed by atoms with Crippen molar-refractivity contribution in [2.45, 2.75) is 0 Å². The van der Waals surface area contributed by atoms with E-state index in [0.29, 0.717) is 5.00 Å². The van der Waals surface area contributed by atoms with Crippen LogP contribution in [0.3, 0.4) is 0 Å². The number of nitrogens with two attached hydrogens (primary N) is 1. The molecule has 0 atom stereocenters. The Bertz CT molecular complexity index is 453. The number of rotatable bonds is 2. The van der Waals surface area contributed by atoms with E-state index < -0.39 is 0 Å². The van der Waals surface area contributed by atoms with E-state index in [1.54, 1.807) is 0 Å². The number of hydrogen-bond acceptors (Lipinski definition) is 7. The molecule has 0 radical (unpaired) electrons. The van der Waals surface area contributed by atoms with Gasteiger partial charge in [0.15, 0.2) is 0 Å². The van der Waals surface area contributed by atoms with Gasteiger partial charge in [-0.3, -0.25) is 4.79 Å². The van der Waals surface area contributed by atoms with Crippen LogP contribution in [0.4, 0.5) is 10.8 Å². The standard InChI is InChI=1S/C7H6N6OS/c8-5-2-9-4(1-10-5)7(14)12-6-3-11-13-15-6/h1-3H,(H2,8,10)(H,12,14). The van der Waals surface area contributed by atoms with Gasteiger partial charge in [-0.2, -0.15) is 0 Å². The summed E-state index contributed by atoms with van der Waals surface area (Å²) in [6, 6.07) is 0. The van der Waals surface area contributed by atoms with Crippen molar-refractivity contribution < 1.29 is 4.79 Å². The van der Waals surface area contributed by atoms with Gasteiger partial charge in [0.05, 0.1) is 18.6 Å². The minimum absolute atomic E-state index is 0.192. The second kappa shape index (κ2) is 3.96. The quantitative estimate of drug-likeness (QED) is 0.749. The van der Waals surface area contributed by atoms with Crippen LogP contribution in [-0.2, 0) is 0 Å². The Labute approximate surface area is 88.5 Å². The predicted molar refractivity (Wildman–Crippen MR) is 54.3 cm³/mol. The highest BCUT2D eigenvalue weighted by molar-refractivity contribution is 7.10. The molecule has 15 heavy (non-hydrogen) atoms. The fourth-order valence-corrected chi connectivity index (χ4v) is 1.27. The smallest absolute Gasteiger partial charge is 0.276 e. The maximum absolute atomic E-state index is 11.5. The lowest BCUT2D eigenvalue weighted by molar-refractivity contribution is 0.102. The van der Waals surface area contributed by atoms with Gasteiger partial charge in [0, 0.05) is 11.5 Å². The fourth-order valence-electron chi connectivity index (χ4n) is 0.853. The summed E-state index contributed by atoms with van der Waals surface area (Å²) < 4.78 is 3.60. The van der Waals surface area contributed by atoms with E-state index in [2.05, 4.69) is 24.9 Å². The van der Waals surface area contributed by atoms with Crippen molar-refractivity contribution in [3.8, 4) is 0 Å². The monoisotopic (exact) mass is 222 g/mol. The first-order chi connectivity index (χ1) is 7.25. The van der Waals surface area contributed by atoms with Gasteiger partial charge in [-0.1, -0.05) is 4.49 Å². The van der Waals surface area contributed by atoms with Gasteiger partial charge in [-0.25, -0.2) is 9.97 Å². The van der Waals surface area contributed by atoms with E-state index in [0.717, 1.165) is 11.5 Å². The zero-order chi connectivity index (χ0) is 10.7. The highest BCUT2D eigenvalue weighted by Gasteiger charge is 2.08. The van der Waals surface area contributed by atoms with Crippen molar-refractivity contribution in [3.63, 3.8) is 0 Å². The molecule has 2 rings (SSSR count). The number of amides is 1. The average molecular weight is 222 g/mol. The molecule has 0 saturated heterocycles. The van der Waals surface area contributed by atoms with E-state index in [-0.39, 0.29) is 17.4 Å². The normalized spacial score (nSPS) is 9.87. The molecule has 0 aliphatic carbocycles. The molecule has 0 saturated carbocycles. The number of anilines is 2. The summed E-state index contributed by atoms with van der Waals surface area (Å²) in [4.78, 5) is 19.1. The van der Waals surface area contributed by atoms with E-state index in [1.807, 2.05) is 0 Å². The van der Waals surface area contributed by atoms with Gasteiger partial charge < -0.3 is 11.1 Å². The molecule has 8 heteroatoms. The highest BCUT2D eigenvalue weighted by Crippen LogP contribution is 2.10. The first-order valence-corrected chi connectivity index (χ1v) is 4.69. The molecular weight excluding hydrogens is 216 g/mol. The third-order valence-corrected chi connectivity index (χ3v) is 2.08. The molecular formula is C7H6N6OS. The van der Waals surface area contributed by atoms with Gasteiger partial charge in [-0.05, 0) is 0 Å². The molecule has 2 heterocycles. The number of carbonyl (C=O) groups is 1. The molecule has 0 bridgehead atoms. The Hall–Kier alpha value is -2.09. The average Bonchev–Trinajstić information content (AvgIpc) is 2.71. The Balaban J connectivity index is 2.11. The van der Waals surface area contributed by atoms with E-state index in [9.17, 15) is 4.79 Å². The number of nitrogen functional groups attached to an aromatic ring is 1. The third kappa shape index (κ3) is 2.23. The van der Waals surface area contributed by atoms with Crippen LogP contribution in [0.2, 0.25) is 0 Å². The van der Waals surface area contributed by atoms with Gasteiger partial charge in [0.2, 0.25) is 0 Å². The minimum atomic E-state index is -0.367. The van der Waals surface area contributed by atoms with Crippen molar-refractivity contribution in [1.82, 2.24) is 19.6 Å². The number of hydrogen-bond donors (Lipinski definition) is 2. The molecule has 0 aliphatic rings. The molecule has 0 unspecified atom stereocenters. The molecule has 0 spiro atoms. The van der Waals surface area contributed by atoms with Gasteiger partial charge in [0.25, 0.3) is 5.91 Å². The molecule has 0 aromatic carbocycles. The van der Waals surface area contributed by atoms with E-state index in [4.69, 9.17) is 5.73 Å². The summed E-state index contributed by atoms with van der Waals surface area (Å²) in [7, 11) is 0. The summed E-state index contributed by atoms with van der Waals surface area (Å²) in [5, 5.41) is 6.70. The third-order valence-electron chi connectivity index (χ3n) is 1.50. The first-order valence-electron chi connectivity index (χ1n) is 3.92. The molecule has 0 aliphatic heterocycles. The van der Waals surface area contributed by atoms with Crippen LogP contribution in [0.1, 0.15) is 10.5 Å². The summed E-state index contributed by atoms with van der Waals surface area (Å²) in [6.45, 7) is 0. The maximum Gasteiger partial charge on any atom is 0.276 e. The predicted octanol–water partition coefficient (Wildman–Crippen LogP) is 0.163. The summed E-state index contributed by atoms with van der Waals surface area (Å²) >= 11 is 1.08. The molecule has 1 amide bonds. The lowest BCUT2D eigenvalue weighted by Gasteiger charge is -1.99. The zero-order valence-corrected chi connectivity index (χ0v) is 8.23. The van der Waals surface area contributed by atoms with Crippen molar-refractivity contribution in [2.24, 2.45) is 0 Å². The number of aromatic nitrogens is 4. The topological polar surface area (TPSA) is 107 Å². The fraction of sp³-hybridized carbons (Fsp3) is 0. The Morgan fingerprint density at radius 3 is 2.80 bits per heavy atom. The summed E-state index contributed by atoms with van der Waals surface area (Å²) in [5.41, 5.74) is 5.53. The molecule has 76 valence electrons. The highest BCUT2D eigenvalue weighted by atomic mass is 32.1. The number of nitrogens with one attached hydrogen (secondary N) is 1.